The Bertz CT molecular complexity index is 883. The summed E-state index contributed by atoms with van der Waals surface area (Å²) >= 11 is 10.6. The van der Waals surface area contributed by atoms with Crippen molar-refractivity contribution in [2.75, 3.05) is 6.54 Å². The van der Waals surface area contributed by atoms with Crippen LogP contribution in [0.1, 0.15) is 51.4 Å². The Morgan fingerprint density at radius 2 is 1.96 bits per heavy atom. The van der Waals surface area contributed by atoms with Gasteiger partial charge in [-0.15, -0.1) is 11.3 Å². The molecule has 1 atom stereocenters. The molecule has 1 aromatic carbocycles. The van der Waals surface area contributed by atoms with Gasteiger partial charge in [0, 0.05) is 22.3 Å². The van der Waals surface area contributed by atoms with Crippen molar-refractivity contribution in [3.05, 3.63) is 55.1 Å². The lowest BCUT2D eigenvalue weighted by Gasteiger charge is -2.15. The van der Waals surface area contributed by atoms with Crippen molar-refractivity contribution in [1.82, 2.24) is 10.2 Å². The number of carbonyl (C=O) groups excluding carboxylic acids is 3. The van der Waals surface area contributed by atoms with E-state index in [9.17, 15) is 14.4 Å². The summed E-state index contributed by atoms with van der Waals surface area (Å²) < 4.78 is 1.43. The summed E-state index contributed by atoms with van der Waals surface area (Å²) in [5.41, 5.74) is 0.808. The molecule has 3 rings (SSSR count). The first-order valence-electron chi connectivity index (χ1n) is 8.07. The Balaban J connectivity index is 1.51. The molecule has 1 N–H and O–H groups in total. The summed E-state index contributed by atoms with van der Waals surface area (Å²) in [6, 6.07) is 8.58. The number of nitrogens with one attached hydrogen (secondary N) is 1. The molecule has 0 saturated heterocycles. The third kappa shape index (κ3) is 4.00. The minimum absolute atomic E-state index is 0.124. The lowest BCUT2D eigenvalue weighted by molar-refractivity contribution is -0.121. The molecule has 0 fully saturated rings. The lowest BCUT2D eigenvalue weighted by atomic mass is 10.1. The van der Waals surface area contributed by atoms with Crippen LogP contribution in [0.25, 0.3) is 0 Å². The zero-order valence-corrected chi connectivity index (χ0v) is 17.1. The molecule has 136 valence electrons. The molecular weight excluding hydrogens is 440 g/mol. The summed E-state index contributed by atoms with van der Waals surface area (Å²) in [5, 5.41) is 2.90. The van der Waals surface area contributed by atoms with Gasteiger partial charge in [-0.25, -0.2) is 0 Å². The maximum atomic E-state index is 12.4. The number of hydrogen-bond donors (Lipinski definition) is 1. The van der Waals surface area contributed by atoms with Gasteiger partial charge in [-0.2, -0.15) is 0 Å². The van der Waals surface area contributed by atoms with Gasteiger partial charge in [0.25, 0.3) is 11.8 Å². The van der Waals surface area contributed by atoms with Crippen LogP contribution in [0, 0.1) is 0 Å². The molecule has 26 heavy (non-hydrogen) atoms. The highest BCUT2D eigenvalue weighted by Gasteiger charge is 2.35. The van der Waals surface area contributed by atoms with Crippen LogP contribution in [-0.2, 0) is 4.79 Å². The predicted octanol–water partition coefficient (Wildman–Crippen LogP) is 4.42. The van der Waals surface area contributed by atoms with Gasteiger partial charge in [0.2, 0.25) is 5.91 Å². The van der Waals surface area contributed by atoms with Gasteiger partial charge >= 0.3 is 0 Å². The Kier molecular flexibility index (Phi) is 5.79. The van der Waals surface area contributed by atoms with Crippen molar-refractivity contribution in [3.63, 3.8) is 0 Å². The molecule has 5 nitrogen and oxygen atoms in total. The third-order valence-corrected chi connectivity index (χ3v) is 6.02. The monoisotopic (exact) mass is 454 g/mol. The molecule has 0 aliphatic carbocycles. The van der Waals surface area contributed by atoms with E-state index >= 15 is 0 Å². The zero-order valence-electron chi connectivity index (χ0n) is 13.9. The van der Waals surface area contributed by atoms with Crippen LogP contribution in [0.2, 0.25) is 4.34 Å². The van der Waals surface area contributed by atoms with E-state index in [2.05, 4.69) is 21.2 Å². The maximum Gasteiger partial charge on any atom is 0.261 e. The number of rotatable bonds is 6. The number of amides is 3. The van der Waals surface area contributed by atoms with E-state index in [4.69, 9.17) is 11.6 Å². The Hall–Kier alpha value is -1.70. The molecule has 0 radical (unpaired) electrons. The lowest BCUT2D eigenvalue weighted by Crippen LogP contribution is -2.32. The van der Waals surface area contributed by atoms with Gasteiger partial charge in [0.1, 0.15) is 0 Å². The van der Waals surface area contributed by atoms with Crippen molar-refractivity contribution in [2.45, 2.75) is 25.8 Å². The molecule has 0 bridgehead atoms. The van der Waals surface area contributed by atoms with Crippen LogP contribution in [-0.4, -0.2) is 29.2 Å². The summed E-state index contributed by atoms with van der Waals surface area (Å²) in [7, 11) is 0. The molecule has 2 heterocycles. The summed E-state index contributed by atoms with van der Waals surface area (Å²) in [5.74, 6) is -0.741. The average Bonchev–Trinajstić information content (AvgIpc) is 3.12. The quantitative estimate of drug-likeness (QED) is 0.656. The second-order valence-electron chi connectivity index (χ2n) is 5.99. The van der Waals surface area contributed by atoms with Crippen LogP contribution in [0.4, 0.5) is 0 Å². The van der Waals surface area contributed by atoms with Crippen molar-refractivity contribution in [3.8, 4) is 0 Å². The van der Waals surface area contributed by atoms with E-state index in [1.54, 1.807) is 24.3 Å². The van der Waals surface area contributed by atoms with Gasteiger partial charge in [0.15, 0.2) is 0 Å². The van der Waals surface area contributed by atoms with Crippen LogP contribution < -0.4 is 5.32 Å². The molecule has 0 spiro atoms. The first kappa shape index (κ1) is 19.1. The van der Waals surface area contributed by atoms with E-state index in [0.717, 1.165) is 9.35 Å². The van der Waals surface area contributed by atoms with Crippen LogP contribution in [0.3, 0.4) is 0 Å². The summed E-state index contributed by atoms with van der Waals surface area (Å²) in [4.78, 5) is 39.0. The fourth-order valence-corrected chi connectivity index (χ4v) is 4.23. The second-order valence-corrected chi connectivity index (χ2v) is 8.65. The molecule has 0 saturated carbocycles. The summed E-state index contributed by atoms with van der Waals surface area (Å²) in [6.07, 6.45) is 0.650. The number of carbonyl (C=O) groups is 3. The number of thiophene rings is 1. The topological polar surface area (TPSA) is 66.5 Å². The number of fused-ring (bicyclic) bond motifs is 1. The van der Waals surface area contributed by atoms with E-state index in [-0.39, 0.29) is 36.7 Å². The molecule has 1 aliphatic heterocycles. The van der Waals surface area contributed by atoms with E-state index < -0.39 is 0 Å². The highest BCUT2D eigenvalue weighted by Crippen LogP contribution is 2.27. The average molecular weight is 456 g/mol. The fourth-order valence-electron chi connectivity index (χ4n) is 2.81. The third-order valence-electron chi connectivity index (χ3n) is 4.12. The molecule has 1 unspecified atom stereocenters. The fraction of sp³-hybridized carbons (Fsp3) is 0.278. The van der Waals surface area contributed by atoms with Crippen molar-refractivity contribution >= 4 is 56.6 Å². The van der Waals surface area contributed by atoms with Crippen LogP contribution in [0.15, 0.2) is 34.8 Å². The SMILES string of the molecule is CC(NC(=O)CCCN1C(=O)c2ccc(Br)cc2C1=O)c1ccc(Cl)s1. The minimum atomic E-state index is -0.312. The smallest absolute Gasteiger partial charge is 0.261 e. The number of nitrogens with zero attached hydrogens (tertiary/aromatic N) is 1. The van der Waals surface area contributed by atoms with E-state index in [0.29, 0.717) is 21.9 Å². The minimum Gasteiger partial charge on any atom is -0.349 e. The van der Waals surface area contributed by atoms with Gasteiger partial charge in [0.05, 0.1) is 21.5 Å². The normalized spacial score (nSPS) is 14.5. The first-order chi connectivity index (χ1) is 12.4. The molecular formula is C18H16BrClN2O3S. The number of halogens is 2. The number of benzene rings is 1. The number of hydrogen-bond acceptors (Lipinski definition) is 4. The van der Waals surface area contributed by atoms with Crippen molar-refractivity contribution < 1.29 is 14.4 Å². The van der Waals surface area contributed by atoms with Crippen LogP contribution >= 0.6 is 38.9 Å². The van der Waals surface area contributed by atoms with Gasteiger partial charge < -0.3 is 5.32 Å². The number of imide groups is 1. The standard InChI is InChI=1S/C18H16BrClN2O3S/c1-10(14-6-7-15(20)26-14)21-16(23)3-2-8-22-17(24)12-5-4-11(19)9-13(12)18(22)25/h4-7,9-10H,2-3,8H2,1H3,(H,21,23). The first-order valence-corrected chi connectivity index (χ1v) is 10.1. The summed E-state index contributed by atoms with van der Waals surface area (Å²) in [6.45, 7) is 2.11. The van der Waals surface area contributed by atoms with Gasteiger partial charge in [-0.05, 0) is 43.7 Å². The Morgan fingerprint density at radius 3 is 2.65 bits per heavy atom. The molecule has 1 aromatic heterocycles. The van der Waals surface area contributed by atoms with Gasteiger partial charge in [-0.3, -0.25) is 19.3 Å². The largest absolute Gasteiger partial charge is 0.349 e. The molecule has 3 amide bonds. The predicted molar refractivity (Wildman–Crippen MR) is 105 cm³/mol. The van der Waals surface area contributed by atoms with Crippen molar-refractivity contribution in [2.24, 2.45) is 0 Å². The molecule has 2 aromatic rings. The molecule has 8 heteroatoms. The van der Waals surface area contributed by atoms with Crippen LogP contribution in [0.5, 0.6) is 0 Å². The second kappa shape index (κ2) is 7.90. The zero-order chi connectivity index (χ0) is 18.8. The Labute approximate surface area is 168 Å². The van der Waals surface area contributed by atoms with E-state index in [1.807, 2.05) is 13.0 Å². The highest BCUT2D eigenvalue weighted by atomic mass is 79.9. The van der Waals surface area contributed by atoms with Crippen molar-refractivity contribution in [1.29, 1.82) is 0 Å². The highest BCUT2D eigenvalue weighted by molar-refractivity contribution is 9.10. The molecule has 1 aliphatic rings. The van der Waals surface area contributed by atoms with Gasteiger partial charge in [-0.1, -0.05) is 27.5 Å². The maximum absolute atomic E-state index is 12.4. The van der Waals surface area contributed by atoms with E-state index in [1.165, 1.54) is 16.2 Å². The Morgan fingerprint density at radius 1 is 1.23 bits per heavy atom.